The summed E-state index contributed by atoms with van der Waals surface area (Å²) in [5.74, 6) is 0.877. The Morgan fingerprint density at radius 3 is 2.70 bits per heavy atom. The van der Waals surface area contributed by atoms with Crippen LogP contribution in [0.2, 0.25) is 0 Å². The average molecular weight is 338 g/mol. The topological polar surface area (TPSA) is 49.8 Å². The number of ether oxygens (including phenoxy) is 1. The van der Waals surface area contributed by atoms with Gasteiger partial charge in [0.2, 0.25) is 0 Å². The lowest BCUT2D eigenvalue weighted by molar-refractivity contribution is -0.125. The number of benzene rings is 1. The van der Waals surface area contributed by atoms with E-state index in [4.69, 9.17) is 4.74 Å². The number of hydrogen-bond donors (Lipinski definition) is 1. The van der Waals surface area contributed by atoms with Gasteiger partial charge in [-0.15, -0.1) is 0 Å². The number of Topliss-reactive ketones (excluding diaryl/α,β-unsaturated/α-hetero) is 1. The maximum atomic E-state index is 12.3. The molecule has 3 aliphatic rings. The van der Waals surface area contributed by atoms with Gasteiger partial charge >= 0.3 is 0 Å². The zero-order valence-electron chi connectivity index (χ0n) is 11.2. The molecule has 2 bridgehead atoms. The zero-order valence-corrected chi connectivity index (χ0v) is 12.8. The van der Waals surface area contributed by atoms with E-state index in [0.717, 1.165) is 37.2 Å². The van der Waals surface area contributed by atoms with E-state index in [1.54, 1.807) is 6.07 Å². The van der Waals surface area contributed by atoms with Crippen LogP contribution in [0.3, 0.4) is 0 Å². The van der Waals surface area contributed by atoms with Gasteiger partial charge in [0.05, 0.1) is 17.3 Å². The summed E-state index contributed by atoms with van der Waals surface area (Å²) in [7, 11) is 1.51. The fourth-order valence-electron chi connectivity index (χ4n) is 2.90. The fourth-order valence-corrected chi connectivity index (χ4v) is 3.34. The molecule has 1 aromatic rings. The molecule has 3 aliphatic heterocycles. The van der Waals surface area contributed by atoms with E-state index in [-0.39, 0.29) is 17.5 Å². The molecule has 0 saturated carbocycles. The number of carbonyl (C=O) groups is 1. The number of carbonyl (C=O) groups excluding carboxylic acids is 1. The van der Waals surface area contributed by atoms with Crippen molar-refractivity contribution >= 4 is 27.8 Å². The van der Waals surface area contributed by atoms with Crippen LogP contribution in [0.25, 0.3) is 6.08 Å². The monoisotopic (exact) mass is 337 g/mol. The van der Waals surface area contributed by atoms with Crippen molar-refractivity contribution in [1.82, 2.24) is 4.90 Å². The highest BCUT2D eigenvalue weighted by Gasteiger charge is 2.36. The summed E-state index contributed by atoms with van der Waals surface area (Å²) in [5.41, 5.74) is 1.55. The first kappa shape index (κ1) is 13.5. The molecule has 1 N–H and O–H groups in total. The molecule has 4 rings (SSSR count). The van der Waals surface area contributed by atoms with Crippen molar-refractivity contribution in [2.45, 2.75) is 12.8 Å². The minimum Gasteiger partial charge on any atom is -0.503 e. The second-order valence-electron chi connectivity index (χ2n) is 5.17. The molecule has 20 heavy (non-hydrogen) atoms. The molecule has 3 heterocycles. The molecular formula is C15H16BrNO3. The van der Waals surface area contributed by atoms with Crippen molar-refractivity contribution in [1.29, 1.82) is 0 Å². The van der Waals surface area contributed by atoms with Crippen LogP contribution in [-0.2, 0) is 4.79 Å². The number of halogens is 1. The molecule has 5 heteroatoms. The molecule has 0 aromatic heterocycles. The van der Waals surface area contributed by atoms with Crippen LogP contribution in [-0.4, -0.2) is 36.0 Å². The Morgan fingerprint density at radius 2 is 2.10 bits per heavy atom. The number of ketones is 1. The van der Waals surface area contributed by atoms with E-state index in [2.05, 4.69) is 20.8 Å². The number of fused-ring (bicyclic) bond motifs is 3. The van der Waals surface area contributed by atoms with Crippen LogP contribution < -0.4 is 4.74 Å². The van der Waals surface area contributed by atoms with E-state index < -0.39 is 0 Å². The SMILES string of the molecule is COc1ccc(/C=C2/C(=O)C3CCN2CC3)c(Br)c1O. The summed E-state index contributed by atoms with van der Waals surface area (Å²) in [6.07, 6.45) is 3.79. The van der Waals surface area contributed by atoms with Gasteiger partial charge in [-0.3, -0.25) is 4.79 Å². The molecular weight excluding hydrogens is 322 g/mol. The Labute approximate surface area is 126 Å². The first-order chi connectivity index (χ1) is 9.61. The number of hydrogen-bond acceptors (Lipinski definition) is 4. The van der Waals surface area contributed by atoms with Gasteiger partial charge in [-0.05, 0) is 52.5 Å². The summed E-state index contributed by atoms with van der Waals surface area (Å²) in [6.45, 7) is 1.89. The number of rotatable bonds is 2. The van der Waals surface area contributed by atoms with Crippen molar-refractivity contribution < 1.29 is 14.6 Å². The Morgan fingerprint density at radius 1 is 1.40 bits per heavy atom. The van der Waals surface area contributed by atoms with E-state index in [1.165, 1.54) is 7.11 Å². The fraction of sp³-hybridized carbons (Fsp3) is 0.400. The first-order valence-electron chi connectivity index (χ1n) is 6.68. The summed E-state index contributed by atoms with van der Waals surface area (Å²) in [6, 6.07) is 3.54. The third kappa shape index (κ3) is 2.10. The lowest BCUT2D eigenvalue weighted by atomic mass is 9.84. The van der Waals surface area contributed by atoms with E-state index in [0.29, 0.717) is 10.2 Å². The van der Waals surface area contributed by atoms with Crippen LogP contribution in [0.4, 0.5) is 0 Å². The third-order valence-electron chi connectivity index (χ3n) is 4.08. The lowest BCUT2D eigenvalue weighted by Crippen LogP contribution is -2.45. The zero-order chi connectivity index (χ0) is 14.3. The molecule has 3 saturated heterocycles. The Kier molecular flexibility index (Phi) is 3.46. The smallest absolute Gasteiger partial charge is 0.182 e. The summed E-state index contributed by atoms with van der Waals surface area (Å²) < 4.78 is 5.62. The molecule has 4 nitrogen and oxygen atoms in total. The number of aromatic hydroxyl groups is 1. The van der Waals surface area contributed by atoms with Crippen molar-refractivity contribution in [2.24, 2.45) is 5.92 Å². The van der Waals surface area contributed by atoms with Crippen molar-refractivity contribution in [3.63, 3.8) is 0 Å². The molecule has 0 spiro atoms. The summed E-state index contributed by atoms with van der Waals surface area (Å²) in [5, 5.41) is 10.0. The van der Waals surface area contributed by atoms with E-state index >= 15 is 0 Å². The van der Waals surface area contributed by atoms with Crippen LogP contribution >= 0.6 is 15.9 Å². The van der Waals surface area contributed by atoms with Crippen LogP contribution in [0.5, 0.6) is 11.5 Å². The number of phenols is 1. The summed E-state index contributed by atoms with van der Waals surface area (Å²) >= 11 is 3.37. The van der Waals surface area contributed by atoms with Crippen LogP contribution in [0.15, 0.2) is 22.3 Å². The number of methoxy groups -OCH3 is 1. The highest BCUT2D eigenvalue weighted by molar-refractivity contribution is 9.10. The van der Waals surface area contributed by atoms with Crippen molar-refractivity contribution in [3.8, 4) is 11.5 Å². The number of allylic oxidation sites excluding steroid dienone is 1. The Hall–Kier alpha value is -1.49. The van der Waals surface area contributed by atoms with Crippen LogP contribution in [0.1, 0.15) is 18.4 Å². The second kappa shape index (κ2) is 5.13. The molecule has 0 unspecified atom stereocenters. The molecule has 3 fully saturated rings. The van der Waals surface area contributed by atoms with Gasteiger partial charge in [-0.2, -0.15) is 0 Å². The average Bonchev–Trinajstić information content (AvgIpc) is 2.48. The highest BCUT2D eigenvalue weighted by Crippen LogP contribution is 2.39. The molecule has 106 valence electrons. The van der Waals surface area contributed by atoms with Gasteiger partial charge in [-0.25, -0.2) is 0 Å². The number of nitrogens with zero attached hydrogens (tertiary/aromatic N) is 1. The minimum absolute atomic E-state index is 0.0604. The maximum absolute atomic E-state index is 12.3. The largest absolute Gasteiger partial charge is 0.503 e. The van der Waals surface area contributed by atoms with Gasteiger partial charge < -0.3 is 14.7 Å². The van der Waals surface area contributed by atoms with E-state index in [1.807, 2.05) is 12.1 Å². The van der Waals surface area contributed by atoms with Crippen LogP contribution in [0, 0.1) is 5.92 Å². The summed E-state index contributed by atoms with van der Waals surface area (Å²) in [4.78, 5) is 14.4. The minimum atomic E-state index is 0.0604. The van der Waals surface area contributed by atoms with Crippen molar-refractivity contribution in [2.75, 3.05) is 20.2 Å². The molecule has 0 aliphatic carbocycles. The normalized spacial score (nSPS) is 20.8. The lowest BCUT2D eigenvalue weighted by Gasteiger charge is -2.41. The highest BCUT2D eigenvalue weighted by atomic mass is 79.9. The third-order valence-corrected chi connectivity index (χ3v) is 4.91. The predicted octanol–water partition coefficient (Wildman–Crippen LogP) is 2.80. The maximum Gasteiger partial charge on any atom is 0.182 e. The van der Waals surface area contributed by atoms with Gasteiger partial charge in [0.15, 0.2) is 17.3 Å². The number of piperidine rings is 3. The van der Waals surface area contributed by atoms with Gasteiger partial charge in [0.25, 0.3) is 0 Å². The van der Waals surface area contributed by atoms with Gasteiger partial charge in [-0.1, -0.05) is 0 Å². The second-order valence-corrected chi connectivity index (χ2v) is 5.97. The standard InChI is InChI=1S/C15H16BrNO3/c1-20-12-3-2-10(13(16)15(12)19)8-11-14(18)9-4-6-17(11)7-5-9/h2-3,8-9,19H,4-7H2,1H3/b11-8-. The van der Waals surface area contributed by atoms with Gasteiger partial charge in [0, 0.05) is 19.0 Å². The van der Waals surface area contributed by atoms with Crippen molar-refractivity contribution in [3.05, 3.63) is 27.9 Å². The first-order valence-corrected chi connectivity index (χ1v) is 7.47. The van der Waals surface area contributed by atoms with E-state index in [9.17, 15) is 9.90 Å². The molecule has 0 radical (unpaired) electrons. The number of phenolic OH excluding ortho intramolecular Hbond substituents is 1. The quantitative estimate of drug-likeness (QED) is 0.843. The molecule has 0 amide bonds. The van der Waals surface area contributed by atoms with Gasteiger partial charge in [0.1, 0.15) is 0 Å². The Bertz CT molecular complexity index is 589. The molecule has 0 atom stereocenters. The Balaban J connectivity index is 2.00. The predicted molar refractivity (Wildman–Crippen MR) is 79.6 cm³/mol. The molecule has 1 aromatic carbocycles.